The van der Waals surface area contributed by atoms with Crippen molar-refractivity contribution in [2.24, 2.45) is 0 Å². The Morgan fingerprint density at radius 2 is 0.844 bits per heavy atom. The molecular formula is C30H50O2. The molecule has 0 fully saturated rings. The van der Waals surface area contributed by atoms with E-state index in [2.05, 4.69) is 67.7 Å². The van der Waals surface area contributed by atoms with Crippen molar-refractivity contribution in [3.05, 3.63) is 60.8 Å². The molecule has 0 bridgehead atoms. The van der Waals surface area contributed by atoms with Gasteiger partial charge in [0.1, 0.15) is 0 Å². The van der Waals surface area contributed by atoms with Gasteiger partial charge in [0.15, 0.2) is 0 Å². The molecule has 2 heteroatoms. The zero-order valence-electron chi connectivity index (χ0n) is 20.9. The Labute approximate surface area is 199 Å². The van der Waals surface area contributed by atoms with Crippen molar-refractivity contribution >= 4 is 5.97 Å². The van der Waals surface area contributed by atoms with Gasteiger partial charge in [-0.15, -0.1) is 0 Å². The average Bonchev–Trinajstić information content (AvgIpc) is 2.78. The van der Waals surface area contributed by atoms with Crippen LogP contribution < -0.4 is 0 Å². The van der Waals surface area contributed by atoms with Crippen LogP contribution in [0.15, 0.2) is 60.8 Å². The molecule has 182 valence electrons. The van der Waals surface area contributed by atoms with Crippen molar-refractivity contribution in [2.75, 3.05) is 0 Å². The Bertz CT molecular complexity index is 537. The number of rotatable bonds is 23. The van der Waals surface area contributed by atoms with E-state index >= 15 is 0 Å². The SMILES string of the molecule is CCCCCC=CCC=CCC=CCC=CCC=CCCCCCCCCCCC(=O)O. The number of hydrogen-bond acceptors (Lipinski definition) is 1. The highest BCUT2D eigenvalue weighted by Gasteiger charge is 1.96. The third-order valence-corrected chi connectivity index (χ3v) is 5.41. The van der Waals surface area contributed by atoms with Gasteiger partial charge < -0.3 is 5.11 Å². The maximum atomic E-state index is 10.4. The number of hydrogen-bond donors (Lipinski definition) is 1. The number of unbranched alkanes of at least 4 members (excludes halogenated alkanes) is 11. The van der Waals surface area contributed by atoms with Crippen LogP contribution >= 0.6 is 0 Å². The molecule has 0 aliphatic rings. The van der Waals surface area contributed by atoms with E-state index in [9.17, 15) is 4.79 Å². The molecule has 1 N–H and O–H groups in total. The Balaban J connectivity index is 3.36. The predicted molar refractivity (Wildman–Crippen MR) is 142 cm³/mol. The zero-order valence-corrected chi connectivity index (χ0v) is 20.9. The molecule has 0 saturated heterocycles. The van der Waals surface area contributed by atoms with Crippen molar-refractivity contribution < 1.29 is 9.90 Å². The molecule has 0 atom stereocenters. The normalized spacial score (nSPS) is 12.5. The Hall–Kier alpha value is -1.83. The molecule has 0 rings (SSSR count). The van der Waals surface area contributed by atoms with Gasteiger partial charge in [0, 0.05) is 6.42 Å². The molecule has 0 aliphatic carbocycles. The summed E-state index contributed by atoms with van der Waals surface area (Å²) in [5, 5.41) is 8.59. The lowest BCUT2D eigenvalue weighted by Crippen LogP contribution is -1.93. The van der Waals surface area contributed by atoms with Gasteiger partial charge in [-0.05, 0) is 57.8 Å². The standard InChI is InChI=1S/C30H50O2/c1-2-3-4-5-6-7-8-9-10-11-12-13-14-15-16-17-18-19-20-21-22-23-24-25-26-27-28-29-30(31)32/h6-7,9-10,12-13,15-16,18-19H,2-5,8,11,14,17,20-29H2,1H3,(H,31,32). The second kappa shape index (κ2) is 27.2. The zero-order chi connectivity index (χ0) is 23.4. The minimum absolute atomic E-state index is 0.327. The van der Waals surface area contributed by atoms with Crippen molar-refractivity contribution in [3.8, 4) is 0 Å². The fourth-order valence-corrected chi connectivity index (χ4v) is 3.43. The third-order valence-electron chi connectivity index (χ3n) is 5.41. The van der Waals surface area contributed by atoms with Crippen molar-refractivity contribution in [3.63, 3.8) is 0 Å². The van der Waals surface area contributed by atoms with Crippen LogP contribution in [0, 0.1) is 0 Å². The topological polar surface area (TPSA) is 37.3 Å². The van der Waals surface area contributed by atoms with Crippen LogP contribution in [0.4, 0.5) is 0 Å². The van der Waals surface area contributed by atoms with Gasteiger partial charge in [-0.2, -0.15) is 0 Å². The first kappa shape index (κ1) is 30.2. The van der Waals surface area contributed by atoms with Crippen LogP contribution in [-0.4, -0.2) is 11.1 Å². The fourth-order valence-electron chi connectivity index (χ4n) is 3.43. The van der Waals surface area contributed by atoms with Crippen LogP contribution in [0.1, 0.15) is 122 Å². The minimum atomic E-state index is -0.666. The van der Waals surface area contributed by atoms with Crippen LogP contribution in [0.2, 0.25) is 0 Å². The van der Waals surface area contributed by atoms with Gasteiger partial charge in [-0.25, -0.2) is 0 Å². The number of carbonyl (C=O) groups is 1. The summed E-state index contributed by atoms with van der Waals surface area (Å²) in [5.41, 5.74) is 0. The largest absolute Gasteiger partial charge is 0.481 e. The van der Waals surface area contributed by atoms with Crippen LogP contribution in [-0.2, 0) is 4.79 Å². The lowest BCUT2D eigenvalue weighted by Gasteiger charge is -2.00. The highest BCUT2D eigenvalue weighted by Crippen LogP contribution is 2.11. The quantitative estimate of drug-likeness (QED) is 0.126. The van der Waals surface area contributed by atoms with Gasteiger partial charge in [0.2, 0.25) is 0 Å². The molecule has 32 heavy (non-hydrogen) atoms. The van der Waals surface area contributed by atoms with E-state index in [1.807, 2.05) is 0 Å². The third kappa shape index (κ3) is 28.2. The lowest BCUT2D eigenvalue weighted by molar-refractivity contribution is -0.137. The molecule has 0 amide bonds. The van der Waals surface area contributed by atoms with Crippen LogP contribution in [0.5, 0.6) is 0 Å². The summed E-state index contributed by atoms with van der Waals surface area (Å²) in [5.74, 6) is -0.666. The molecule has 0 unspecified atom stereocenters. The second-order valence-electron chi connectivity index (χ2n) is 8.56. The molecular weight excluding hydrogens is 392 g/mol. The number of carboxylic acids is 1. The van der Waals surface area contributed by atoms with E-state index in [0.29, 0.717) is 6.42 Å². The first-order valence-electron chi connectivity index (χ1n) is 13.2. The molecule has 0 aromatic heterocycles. The average molecular weight is 443 g/mol. The number of allylic oxidation sites excluding steroid dienone is 10. The van der Waals surface area contributed by atoms with Crippen molar-refractivity contribution in [2.45, 2.75) is 122 Å². The van der Waals surface area contributed by atoms with Crippen LogP contribution in [0.3, 0.4) is 0 Å². The Morgan fingerprint density at radius 1 is 0.500 bits per heavy atom. The molecule has 2 nitrogen and oxygen atoms in total. The minimum Gasteiger partial charge on any atom is -0.481 e. The Kier molecular flexibility index (Phi) is 25.6. The summed E-state index contributed by atoms with van der Waals surface area (Å²) in [6.07, 6.45) is 43.1. The van der Waals surface area contributed by atoms with Crippen LogP contribution in [0.25, 0.3) is 0 Å². The summed E-state index contributed by atoms with van der Waals surface area (Å²) in [6, 6.07) is 0. The Morgan fingerprint density at radius 3 is 1.25 bits per heavy atom. The number of carboxylic acid groups (broad SMARTS) is 1. The molecule has 0 aromatic rings. The van der Waals surface area contributed by atoms with Gasteiger partial charge in [-0.3, -0.25) is 4.79 Å². The summed E-state index contributed by atoms with van der Waals surface area (Å²) < 4.78 is 0. The van der Waals surface area contributed by atoms with E-state index in [4.69, 9.17) is 5.11 Å². The van der Waals surface area contributed by atoms with E-state index in [0.717, 1.165) is 38.5 Å². The summed E-state index contributed by atoms with van der Waals surface area (Å²) in [7, 11) is 0. The van der Waals surface area contributed by atoms with Crippen molar-refractivity contribution in [1.82, 2.24) is 0 Å². The van der Waals surface area contributed by atoms with E-state index < -0.39 is 5.97 Å². The molecule has 0 aliphatic heterocycles. The van der Waals surface area contributed by atoms with Gasteiger partial charge >= 0.3 is 5.97 Å². The van der Waals surface area contributed by atoms with E-state index in [-0.39, 0.29) is 0 Å². The van der Waals surface area contributed by atoms with Gasteiger partial charge in [0.05, 0.1) is 0 Å². The van der Waals surface area contributed by atoms with E-state index in [1.54, 1.807) is 0 Å². The molecule has 0 spiro atoms. The smallest absolute Gasteiger partial charge is 0.303 e. The molecule has 0 radical (unpaired) electrons. The maximum Gasteiger partial charge on any atom is 0.303 e. The first-order valence-corrected chi connectivity index (χ1v) is 13.2. The molecule has 0 aromatic carbocycles. The predicted octanol–water partition coefficient (Wildman–Crippen LogP) is 9.89. The summed E-state index contributed by atoms with van der Waals surface area (Å²) in [6.45, 7) is 2.25. The summed E-state index contributed by atoms with van der Waals surface area (Å²) in [4.78, 5) is 10.4. The fraction of sp³-hybridized carbons (Fsp3) is 0.633. The summed E-state index contributed by atoms with van der Waals surface area (Å²) >= 11 is 0. The van der Waals surface area contributed by atoms with E-state index in [1.165, 1.54) is 70.6 Å². The van der Waals surface area contributed by atoms with Crippen molar-refractivity contribution in [1.29, 1.82) is 0 Å². The lowest BCUT2D eigenvalue weighted by atomic mass is 10.1. The van der Waals surface area contributed by atoms with Gasteiger partial charge in [-0.1, -0.05) is 119 Å². The van der Waals surface area contributed by atoms with Gasteiger partial charge in [0.25, 0.3) is 0 Å². The second-order valence-corrected chi connectivity index (χ2v) is 8.56. The molecule has 0 heterocycles. The molecule has 0 saturated carbocycles. The highest BCUT2D eigenvalue weighted by molar-refractivity contribution is 5.66. The monoisotopic (exact) mass is 442 g/mol. The maximum absolute atomic E-state index is 10.4. The first-order chi connectivity index (χ1) is 15.8. The highest BCUT2D eigenvalue weighted by atomic mass is 16.4. The number of aliphatic carboxylic acids is 1.